The van der Waals surface area contributed by atoms with Gasteiger partial charge < -0.3 is 14.7 Å². The summed E-state index contributed by atoms with van der Waals surface area (Å²) in [6.45, 7) is 0. The SMILES string of the molecule is O=C(Cc1ccccc1)c1cc(-c2noc3ccccc23)c(O)cc1O. The number of rotatable bonds is 4. The molecule has 0 bridgehead atoms. The van der Waals surface area contributed by atoms with E-state index < -0.39 is 0 Å². The summed E-state index contributed by atoms with van der Waals surface area (Å²) in [7, 11) is 0. The number of phenols is 2. The summed E-state index contributed by atoms with van der Waals surface area (Å²) in [4.78, 5) is 12.6. The van der Waals surface area contributed by atoms with Gasteiger partial charge in [0.15, 0.2) is 11.4 Å². The molecule has 1 aromatic heterocycles. The number of aromatic hydroxyl groups is 2. The molecule has 4 aromatic rings. The zero-order chi connectivity index (χ0) is 18.1. The van der Waals surface area contributed by atoms with E-state index in [0.717, 1.165) is 17.0 Å². The first-order valence-electron chi connectivity index (χ1n) is 8.11. The number of ketones is 1. The zero-order valence-corrected chi connectivity index (χ0v) is 13.7. The van der Waals surface area contributed by atoms with Gasteiger partial charge in [-0.25, -0.2) is 0 Å². The molecule has 5 nitrogen and oxygen atoms in total. The van der Waals surface area contributed by atoms with Crippen LogP contribution >= 0.6 is 0 Å². The number of aromatic nitrogens is 1. The van der Waals surface area contributed by atoms with Crippen LogP contribution in [0.4, 0.5) is 0 Å². The minimum atomic E-state index is -0.264. The van der Waals surface area contributed by atoms with Gasteiger partial charge in [0.1, 0.15) is 17.2 Å². The molecule has 0 atom stereocenters. The molecule has 26 heavy (non-hydrogen) atoms. The van der Waals surface area contributed by atoms with Crippen LogP contribution in [0, 0.1) is 0 Å². The van der Waals surface area contributed by atoms with Gasteiger partial charge in [-0.2, -0.15) is 0 Å². The van der Waals surface area contributed by atoms with Gasteiger partial charge in [-0.05, 0) is 23.8 Å². The van der Waals surface area contributed by atoms with Crippen molar-refractivity contribution in [2.45, 2.75) is 6.42 Å². The Morgan fingerprint density at radius 3 is 2.46 bits per heavy atom. The van der Waals surface area contributed by atoms with Crippen LogP contribution in [0.1, 0.15) is 15.9 Å². The molecule has 0 spiro atoms. The highest BCUT2D eigenvalue weighted by atomic mass is 16.5. The highest BCUT2D eigenvalue weighted by molar-refractivity contribution is 6.03. The number of hydrogen-bond acceptors (Lipinski definition) is 5. The predicted molar refractivity (Wildman–Crippen MR) is 97.3 cm³/mol. The second kappa shape index (κ2) is 6.37. The van der Waals surface area contributed by atoms with Crippen LogP contribution in [-0.4, -0.2) is 21.2 Å². The molecule has 5 heteroatoms. The van der Waals surface area contributed by atoms with Crippen LogP contribution < -0.4 is 0 Å². The number of nitrogens with zero attached hydrogens (tertiary/aromatic N) is 1. The van der Waals surface area contributed by atoms with Crippen LogP contribution in [0.15, 0.2) is 71.3 Å². The summed E-state index contributed by atoms with van der Waals surface area (Å²) in [5.74, 6) is -0.680. The molecule has 3 aromatic carbocycles. The van der Waals surface area contributed by atoms with Gasteiger partial charge in [0.25, 0.3) is 0 Å². The number of carbonyl (C=O) groups is 1. The maximum atomic E-state index is 12.6. The monoisotopic (exact) mass is 345 g/mol. The molecule has 0 aliphatic rings. The number of hydrogen-bond donors (Lipinski definition) is 2. The highest BCUT2D eigenvalue weighted by Gasteiger charge is 2.20. The number of fused-ring (bicyclic) bond motifs is 1. The fourth-order valence-electron chi connectivity index (χ4n) is 2.95. The molecule has 0 saturated carbocycles. The Balaban J connectivity index is 1.78. The van der Waals surface area contributed by atoms with E-state index in [9.17, 15) is 15.0 Å². The van der Waals surface area contributed by atoms with Crippen molar-refractivity contribution in [2.24, 2.45) is 0 Å². The lowest BCUT2D eigenvalue weighted by atomic mass is 9.97. The summed E-state index contributed by atoms with van der Waals surface area (Å²) in [5, 5.41) is 25.1. The smallest absolute Gasteiger partial charge is 0.170 e. The molecule has 1 heterocycles. The van der Waals surface area contributed by atoms with Crippen molar-refractivity contribution in [3.63, 3.8) is 0 Å². The molecule has 0 radical (unpaired) electrons. The molecule has 0 aliphatic carbocycles. The van der Waals surface area contributed by atoms with E-state index in [4.69, 9.17) is 4.52 Å². The summed E-state index contributed by atoms with van der Waals surface area (Å²) < 4.78 is 5.28. The van der Waals surface area contributed by atoms with E-state index in [2.05, 4.69) is 5.16 Å². The van der Waals surface area contributed by atoms with E-state index >= 15 is 0 Å². The Morgan fingerprint density at radius 1 is 0.923 bits per heavy atom. The molecule has 0 unspecified atom stereocenters. The topological polar surface area (TPSA) is 83.6 Å². The van der Waals surface area contributed by atoms with Gasteiger partial charge in [0.05, 0.1) is 5.56 Å². The fraction of sp³-hybridized carbons (Fsp3) is 0.0476. The van der Waals surface area contributed by atoms with Crippen LogP contribution in [0.5, 0.6) is 11.5 Å². The van der Waals surface area contributed by atoms with Gasteiger partial charge in [0, 0.05) is 23.4 Å². The van der Waals surface area contributed by atoms with Gasteiger partial charge in [-0.3, -0.25) is 4.79 Å². The van der Waals surface area contributed by atoms with E-state index in [1.807, 2.05) is 48.5 Å². The molecule has 0 aliphatic heterocycles. The summed E-state index contributed by atoms with van der Waals surface area (Å²) in [6.07, 6.45) is 0.151. The van der Waals surface area contributed by atoms with Gasteiger partial charge in [-0.1, -0.05) is 47.6 Å². The molecule has 0 fully saturated rings. The third-order valence-corrected chi connectivity index (χ3v) is 4.25. The zero-order valence-electron chi connectivity index (χ0n) is 13.7. The number of Topliss-reactive ketones (excluding diaryl/α,β-unsaturated/α-hetero) is 1. The van der Waals surface area contributed by atoms with Crippen LogP contribution in [0.2, 0.25) is 0 Å². The van der Waals surface area contributed by atoms with Gasteiger partial charge in [-0.15, -0.1) is 0 Å². The molecule has 4 rings (SSSR count). The maximum Gasteiger partial charge on any atom is 0.170 e. The number of para-hydroxylation sites is 1. The third kappa shape index (κ3) is 2.80. The van der Waals surface area contributed by atoms with Crippen molar-refractivity contribution in [3.8, 4) is 22.8 Å². The van der Waals surface area contributed by atoms with Crippen molar-refractivity contribution < 1.29 is 19.5 Å². The summed E-state index contributed by atoms with van der Waals surface area (Å²) >= 11 is 0. The van der Waals surface area contributed by atoms with Crippen molar-refractivity contribution in [1.29, 1.82) is 0 Å². The maximum absolute atomic E-state index is 12.6. The quantitative estimate of drug-likeness (QED) is 0.538. The van der Waals surface area contributed by atoms with E-state index in [-0.39, 0.29) is 29.3 Å². The Morgan fingerprint density at radius 2 is 1.65 bits per heavy atom. The number of carbonyl (C=O) groups excluding carboxylic acids is 1. The number of benzene rings is 3. The average Bonchev–Trinajstić information content (AvgIpc) is 3.06. The second-order valence-electron chi connectivity index (χ2n) is 6.00. The standard InChI is InChI=1S/C21H15NO4/c23-17(10-13-6-2-1-3-7-13)15-11-16(19(25)12-18(15)24)21-14-8-4-5-9-20(14)26-22-21/h1-9,11-12,24-25H,10H2. The van der Waals surface area contributed by atoms with E-state index in [0.29, 0.717) is 16.8 Å². The molecule has 0 amide bonds. The molecule has 0 saturated heterocycles. The van der Waals surface area contributed by atoms with Gasteiger partial charge >= 0.3 is 0 Å². The Kier molecular flexibility index (Phi) is 3.89. The van der Waals surface area contributed by atoms with Crippen LogP contribution in [0.3, 0.4) is 0 Å². The fourth-order valence-corrected chi connectivity index (χ4v) is 2.95. The average molecular weight is 345 g/mol. The lowest BCUT2D eigenvalue weighted by molar-refractivity contribution is 0.0990. The molecular formula is C21H15NO4. The Labute approximate surface area is 149 Å². The largest absolute Gasteiger partial charge is 0.507 e. The van der Waals surface area contributed by atoms with Crippen molar-refractivity contribution in [2.75, 3.05) is 0 Å². The minimum Gasteiger partial charge on any atom is -0.507 e. The van der Waals surface area contributed by atoms with E-state index in [1.165, 1.54) is 6.07 Å². The summed E-state index contributed by atoms with van der Waals surface area (Å²) in [5.41, 5.74) is 2.32. The first kappa shape index (κ1) is 15.9. The third-order valence-electron chi connectivity index (χ3n) is 4.25. The van der Waals surface area contributed by atoms with Crippen molar-refractivity contribution in [1.82, 2.24) is 5.16 Å². The minimum absolute atomic E-state index is 0.133. The summed E-state index contributed by atoms with van der Waals surface area (Å²) in [6, 6.07) is 19.1. The highest BCUT2D eigenvalue weighted by Crippen LogP contribution is 2.38. The second-order valence-corrected chi connectivity index (χ2v) is 6.00. The lowest BCUT2D eigenvalue weighted by Gasteiger charge is -2.08. The first-order chi connectivity index (χ1) is 12.6. The molecule has 128 valence electrons. The number of phenolic OH excluding ortho intramolecular Hbond substituents is 2. The molecule has 2 N–H and O–H groups in total. The van der Waals surface area contributed by atoms with Crippen molar-refractivity contribution >= 4 is 16.8 Å². The van der Waals surface area contributed by atoms with E-state index in [1.54, 1.807) is 6.07 Å². The molecular weight excluding hydrogens is 330 g/mol. The van der Waals surface area contributed by atoms with Crippen molar-refractivity contribution in [3.05, 3.63) is 77.9 Å². The van der Waals surface area contributed by atoms with Crippen LogP contribution in [-0.2, 0) is 6.42 Å². The Bertz CT molecular complexity index is 1100. The van der Waals surface area contributed by atoms with Gasteiger partial charge in [0.2, 0.25) is 0 Å². The normalized spacial score (nSPS) is 10.9. The Hall–Kier alpha value is -3.60. The first-order valence-corrected chi connectivity index (χ1v) is 8.11. The lowest BCUT2D eigenvalue weighted by Crippen LogP contribution is -2.04. The predicted octanol–water partition coefficient (Wildman–Crippen LogP) is 4.33. The van der Waals surface area contributed by atoms with Crippen LogP contribution in [0.25, 0.3) is 22.2 Å².